The first-order chi connectivity index (χ1) is 7.81. The molecule has 2 aromatic rings. The van der Waals surface area contributed by atoms with Crippen LogP contribution < -0.4 is 0 Å². The second-order valence-corrected chi connectivity index (χ2v) is 2.87. The van der Waals surface area contributed by atoms with Crippen molar-refractivity contribution in [2.24, 2.45) is 0 Å². The quantitative estimate of drug-likeness (QED) is 0.730. The van der Waals surface area contributed by atoms with Gasteiger partial charge in [-0.3, -0.25) is 0 Å². The maximum atomic E-state index is 13.4. The maximum absolute atomic E-state index is 13.4. The van der Waals surface area contributed by atoms with Gasteiger partial charge in [0.1, 0.15) is 5.82 Å². The zero-order valence-corrected chi connectivity index (χ0v) is 8.07. The van der Waals surface area contributed by atoms with Crippen molar-refractivity contribution in [2.45, 2.75) is 0 Å². The van der Waals surface area contributed by atoms with Crippen molar-refractivity contribution < 1.29 is 13.5 Å². The second-order valence-electron chi connectivity index (χ2n) is 2.87. The number of halogens is 3. The Balaban J connectivity index is 0.000000606. The molecule has 0 fully saturated rings. The number of rotatable bonds is 1. The van der Waals surface area contributed by atoms with E-state index in [-0.39, 0.29) is 5.82 Å². The molecule has 1 aromatic carbocycles. The third-order valence-electron chi connectivity index (χ3n) is 1.96. The van der Waals surface area contributed by atoms with E-state index in [1.54, 1.807) is 29.1 Å². The summed E-state index contributed by atoms with van der Waals surface area (Å²) >= 11 is 0. The molecule has 0 aliphatic carbocycles. The van der Waals surface area contributed by atoms with Gasteiger partial charge in [-0.2, -0.15) is 5.26 Å². The van der Waals surface area contributed by atoms with Crippen LogP contribution in [0.3, 0.4) is 0 Å². The van der Waals surface area contributed by atoms with Gasteiger partial charge in [-0.25, -0.2) is 4.39 Å². The molecule has 16 heavy (non-hydrogen) atoms. The van der Waals surface area contributed by atoms with E-state index in [0.717, 1.165) is 0 Å². The Morgan fingerprint density at radius 3 is 2.25 bits per heavy atom. The van der Waals surface area contributed by atoms with Crippen molar-refractivity contribution >= 4 is 0 Å². The molecule has 2 rings (SSSR count). The molecule has 2 nitrogen and oxygen atoms in total. The summed E-state index contributed by atoms with van der Waals surface area (Å²) in [5.74, 6) is -0.389. The number of nitrogens with zero attached hydrogens (tertiary/aromatic N) is 2. The van der Waals surface area contributed by atoms with Crippen molar-refractivity contribution in [3.05, 3.63) is 54.1 Å². The van der Waals surface area contributed by atoms with Crippen LogP contribution in [0.2, 0.25) is 0 Å². The lowest BCUT2D eigenvalue weighted by atomic mass is 10.2. The molecular weight excluding hydrogens is 217 g/mol. The highest BCUT2D eigenvalue weighted by atomic mass is 20.0. The van der Waals surface area contributed by atoms with Gasteiger partial charge in [-0.05, 0) is 30.3 Å². The number of hydrogen-bond donors (Lipinski definition) is 0. The van der Waals surface area contributed by atoms with E-state index >= 15 is 0 Å². The fraction of sp³-hybridized carbons (Fsp3) is 0. The highest BCUT2D eigenvalue weighted by molar-refractivity contribution is 5.41. The minimum Gasteiger partial charge on any atom is -0.321 e. The van der Waals surface area contributed by atoms with Crippen LogP contribution in [0.4, 0.5) is 13.5 Å². The first kappa shape index (κ1) is 11.9. The molecule has 82 valence electrons. The average molecular weight is 224 g/mol. The van der Waals surface area contributed by atoms with Crippen LogP contribution >= 0.6 is 0 Å². The number of aromatic nitrogens is 1. The van der Waals surface area contributed by atoms with Gasteiger partial charge in [0.2, 0.25) is 0 Å². The van der Waals surface area contributed by atoms with Crippen LogP contribution in [0.1, 0.15) is 5.56 Å². The van der Waals surface area contributed by atoms with Gasteiger partial charge in [0, 0.05) is 21.5 Å². The van der Waals surface area contributed by atoms with Crippen LogP contribution in [-0.2, 0) is 0 Å². The van der Waals surface area contributed by atoms with Gasteiger partial charge in [0.05, 0.1) is 17.3 Å². The molecule has 1 aromatic heterocycles. The lowest BCUT2D eigenvalue weighted by molar-refractivity contribution is 0.108. The number of hydrogen-bond acceptors (Lipinski definition) is 1. The summed E-state index contributed by atoms with van der Waals surface area (Å²) in [6.07, 6.45) is 3.51. The van der Waals surface area contributed by atoms with Crippen LogP contribution in [0.25, 0.3) is 5.69 Å². The summed E-state index contributed by atoms with van der Waals surface area (Å²) in [7, 11) is 0. The summed E-state index contributed by atoms with van der Waals surface area (Å²) in [5, 5.41) is 8.56. The smallest absolute Gasteiger partial charge is 0.148 e. The summed E-state index contributed by atoms with van der Waals surface area (Å²) in [6.45, 7) is 0. The maximum Gasteiger partial charge on any atom is 0.148 e. The third-order valence-corrected chi connectivity index (χ3v) is 1.96. The largest absolute Gasteiger partial charge is 0.321 e. The number of benzene rings is 1. The summed E-state index contributed by atoms with van der Waals surface area (Å²) in [6, 6.07) is 9.94. The topological polar surface area (TPSA) is 28.7 Å². The van der Waals surface area contributed by atoms with Gasteiger partial charge in [0.15, 0.2) is 0 Å². The molecule has 0 atom stereocenters. The minimum atomic E-state index is -0.389. The normalized spacial score (nSPS) is 8.88. The van der Waals surface area contributed by atoms with E-state index in [1.165, 1.54) is 6.07 Å². The zero-order valence-electron chi connectivity index (χ0n) is 8.07. The standard InChI is InChI=1S/C11H7FN2.F2/c12-10-7-9(8-13)3-4-11(10)14-5-1-2-6-14;1-2/h1-7H;. The van der Waals surface area contributed by atoms with E-state index in [1.807, 2.05) is 18.2 Å². The molecule has 0 amide bonds. The molecule has 0 radical (unpaired) electrons. The van der Waals surface area contributed by atoms with Crippen molar-refractivity contribution in [2.75, 3.05) is 0 Å². The summed E-state index contributed by atoms with van der Waals surface area (Å²) in [5.41, 5.74) is 0.785. The van der Waals surface area contributed by atoms with E-state index in [2.05, 4.69) is 0 Å². The van der Waals surface area contributed by atoms with Crippen LogP contribution in [-0.4, -0.2) is 4.57 Å². The fourth-order valence-corrected chi connectivity index (χ4v) is 1.28. The highest BCUT2D eigenvalue weighted by Gasteiger charge is 2.03. The second kappa shape index (κ2) is 5.61. The van der Waals surface area contributed by atoms with Crippen molar-refractivity contribution in [1.82, 2.24) is 4.57 Å². The monoisotopic (exact) mass is 224 g/mol. The molecule has 0 aliphatic heterocycles. The molecule has 5 heteroatoms. The first-order valence-electron chi connectivity index (χ1n) is 4.28. The van der Waals surface area contributed by atoms with E-state index in [9.17, 15) is 4.39 Å². The van der Waals surface area contributed by atoms with E-state index in [0.29, 0.717) is 11.3 Å². The van der Waals surface area contributed by atoms with Gasteiger partial charge < -0.3 is 4.57 Å². The Bertz CT molecular complexity index is 486. The molecular formula is C11H7F3N2. The Hall–Kier alpha value is -2.22. The Kier molecular flexibility index (Phi) is 4.16. The number of nitriles is 1. The summed E-state index contributed by atoms with van der Waals surface area (Å²) in [4.78, 5) is 0. The molecule has 0 unspecified atom stereocenters. The van der Waals surface area contributed by atoms with Gasteiger partial charge in [0.25, 0.3) is 0 Å². The van der Waals surface area contributed by atoms with Crippen LogP contribution in [0.15, 0.2) is 42.7 Å². The first-order valence-corrected chi connectivity index (χ1v) is 4.28. The third kappa shape index (κ3) is 2.42. The van der Waals surface area contributed by atoms with E-state index < -0.39 is 0 Å². The average Bonchev–Trinajstić information content (AvgIpc) is 2.85. The summed E-state index contributed by atoms with van der Waals surface area (Å²) < 4.78 is 31.1. The lowest BCUT2D eigenvalue weighted by Crippen LogP contribution is -1.94. The predicted octanol–water partition coefficient (Wildman–Crippen LogP) is 3.33. The molecule has 0 saturated heterocycles. The predicted molar refractivity (Wildman–Crippen MR) is 52.7 cm³/mol. The van der Waals surface area contributed by atoms with Gasteiger partial charge >= 0.3 is 0 Å². The van der Waals surface area contributed by atoms with Crippen molar-refractivity contribution in [3.8, 4) is 11.8 Å². The van der Waals surface area contributed by atoms with Crippen LogP contribution in [0, 0.1) is 17.1 Å². The fourth-order valence-electron chi connectivity index (χ4n) is 1.28. The Labute approximate surface area is 90.0 Å². The SMILES string of the molecule is FF.N#Cc1ccc(-n2cccc2)c(F)c1. The molecule has 0 saturated carbocycles. The molecule has 0 spiro atoms. The van der Waals surface area contributed by atoms with Crippen molar-refractivity contribution in [1.29, 1.82) is 5.26 Å². The molecule has 0 bridgehead atoms. The Morgan fingerprint density at radius 2 is 1.75 bits per heavy atom. The van der Waals surface area contributed by atoms with E-state index in [4.69, 9.17) is 14.4 Å². The minimum absolute atomic E-state index is 0.332. The Morgan fingerprint density at radius 1 is 1.12 bits per heavy atom. The molecule has 1 heterocycles. The molecule has 0 aliphatic rings. The van der Waals surface area contributed by atoms with Gasteiger partial charge in [-0.1, -0.05) is 0 Å². The highest BCUT2D eigenvalue weighted by Crippen LogP contribution is 2.14. The van der Waals surface area contributed by atoms with Crippen molar-refractivity contribution in [3.63, 3.8) is 0 Å². The lowest BCUT2D eigenvalue weighted by Gasteiger charge is -2.03. The van der Waals surface area contributed by atoms with Crippen LogP contribution in [0.5, 0.6) is 0 Å². The van der Waals surface area contributed by atoms with Gasteiger partial charge in [-0.15, -0.1) is 0 Å². The molecule has 0 N–H and O–H groups in total. The zero-order chi connectivity index (χ0) is 12.0.